The molecule has 0 fully saturated rings. The maximum absolute atomic E-state index is 11.5. The molecule has 0 atom stereocenters. The molecule has 0 saturated heterocycles. The molecule has 0 aliphatic carbocycles. The van der Waals surface area contributed by atoms with E-state index in [0.29, 0.717) is 16.4 Å². The lowest BCUT2D eigenvalue weighted by Gasteiger charge is -2.04. The quantitative estimate of drug-likeness (QED) is 0.364. The average molecular weight is 293 g/mol. The van der Waals surface area contributed by atoms with Crippen LogP contribution in [0.3, 0.4) is 0 Å². The molecule has 2 rings (SSSR count). The Bertz CT molecular complexity index is 624. The van der Waals surface area contributed by atoms with Crippen LogP contribution in [0.2, 0.25) is 0 Å². The summed E-state index contributed by atoms with van der Waals surface area (Å²) in [5.74, 6) is 0.617. The number of ether oxygens (including phenoxy) is 1. The van der Waals surface area contributed by atoms with Crippen molar-refractivity contribution in [2.45, 2.75) is 10.6 Å². The number of benzene rings is 1. The zero-order valence-corrected chi connectivity index (χ0v) is 11.4. The molecule has 0 amide bonds. The van der Waals surface area contributed by atoms with E-state index in [1.807, 2.05) is 0 Å². The summed E-state index contributed by atoms with van der Waals surface area (Å²) in [4.78, 5) is 22.4. The molecule has 7 heteroatoms. The van der Waals surface area contributed by atoms with Crippen molar-refractivity contribution in [3.8, 4) is 0 Å². The highest BCUT2D eigenvalue weighted by molar-refractivity contribution is 7.98. The van der Waals surface area contributed by atoms with Crippen molar-refractivity contribution in [2.75, 3.05) is 7.11 Å². The van der Waals surface area contributed by atoms with Gasteiger partial charge in [-0.15, -0.1) is 11.8 Å². The number of nitro groups is 1. The second kappa shape index (κ2) is 6.25. The summed E-state index contributed by atoms with van der Waals surface area (Å²) in [6.45, 7) is 0. The highest BCUT2D eigenvalue weighted by Crippen LogP contribution is 2.32. The number of nitro benzene ring substituents is 1. The fourth-order valence-corrected chi connectivity index (χ4v) is 2.53. The van der Waals surface area contributed by atoms with Crippen molar-refractivity contribution < 1.29 is 18.9 Å². The maximum Gasteiger partial charge on any atom is 0.337 e. The third-order valence-electron chi connectivity index (χ3n) is 2.53. The smallest absolute Gasteiger partial charge is 0.337 e. The van der Waals surface area contributed by atoms with Crippen LogP contribution in [0.25, 0.3) is 0 Å². The lowest BCUT2D eigenvalue weighted by atomic mass is 10.2. The Morgan fingerprint density at radius 3 is 2.85 bits per heavy atom. The molecular weight excluding hydrogens is 282 g/mol. The second-order valence-corrected chi connectivity index (χ2v) is 4.82. The van der Waals surface area contributed by atoms with E-state index in [2.05, 4.69) is 4.74 Å². The van der Waals surface area contributed by atoms with Crippen LogP contribution in [-0.2, 0) is 10.5 Å². The van der Waals surface area contributed by atoms with Gasteiger partial charge in [-0.05, 0) is 24.3 Å². The Morgan fingerprint density at radius 2 is 2.25 bits per heavy atom. The van der Waals surface area contributed by atoms with E-state index in [9.17, 15) is 14.9 Å². The minimum atomic E-state index is -0.528. The number of nitrogens with zero attached hydrogens (tertiary/aromatic N) is 1. The lowest BCUT2D eigenvalue weighted by Crippen LogP contribution is -2.02. The fraction of sp³-hybridized carbons (Fsp3) is 0.154. The molecule has 2 aromatic rings. The van der Waals surface area contributed by atoms with Crippen LogP contribution in [0.1, 0.15) is 16.1 Å². The van der Waals surface area contributed by atoms with E-state index in [1.165, 1.54) is 43.3 Å². The molecule has 1 aromatic carbocycles. The van der Waals surface area contributed by atoms with Crippen LogP contribution in [0.15, 0.2) is 45.9 Å². The van der Waals surface area contributed by atoms with Gasteiger partial charge in [-0.25, -0.2) is 4.79 Å². The molecule has 0 radical (unpaired) electrons. The SMILES string of the molecule is COC(=O)c1ccc([N+](=O)[O-])c(SCc2ccco2)c1. The predicted octanol–water partition coefficient (Wildman–Crippen LogP) is 3.27. The van der Waals surface area contributed by atoms with E-state index >= 15 is 0 Å². The van der Waals surface area contributed by atoms with Gasteiger partial charge in [0.25, 0.3) is 5.69 Å². The van der Waals surface area contributed by atoms with E-state index in [0.717, 1.165) is 0 Å². The number of methoxy groups -OCH3 is 1. The van der Waals surface area contributed by atoms with Gasteiger partial charge < -0.3 is 9.15 Å². The summed E-state index contributed by atoms with van der Waals surface area (Å²) in [5.41, 5.74) is 0.231. The minimum absolute atomic E-state index is 0.0470. The zero-order chi connectivity index (χ0) is 14.5. The van der Waals surface area contributed by atoms with E-state index < -0.39 is 10.9 Å². The molecular formula is C13H11NO5S. The molecule has 0 bridgehead atoms. The zero-order valence-electron chi connectivity index (χ0n) is 10.6. The summed E-state index contributed by atoms with van der Waals surface area (Å²) in [7, 11) is 1.26. The second-order valence-electron chi connectivity index (χ2n) is 3.80. The van der Waals surface area contributed by atoms with E-state index in [1.54, 1.807) is 12.1 Å². The average Bonchev–Trinajstić information content (AvgIpc) is 2.97. The Balaban J connectivity index is 2.26. The van der Waals surface area contributed by atoms with Gasteiger partial charge >= 0.3 is 5.97 Å². The van der Waals surface area contributed by atoms with Crippen LogP contribution in [0.5, 0.6) is 0 Å². The van der Waals surface area contributed by atoms with Crippen molar-refractivity contribution >= 4 is 23.4 Å². The number of rotatable bonds is 5. The molecule has 0 aliphatic heterocycles. The molecule has 0 spiro atoms. The maximum atomic E-state index is 11.5. The predicted molar refractivity (Wildman–Crippen MR) is 72.7 cm³/mol. The van der Waals surface area contributed by atoms with Crippen LogP contribution < -0.4 is 0 Å². The summed E-state index contributed by atoms with van der Waals surface area (Å²) in [5, 5.41) is 11.0. The fourth-order valence-electron chi connectivity index (χ4n) is 1.57. The third-order valence-corrected chi connectivity index (χ3v) is 3.59. The Kier molecular flexibility index (Phi) is 4.41. The van der Waals surface area contributed by atoms with Gasteiger partial charge in [-0.3, -0.25) is 10.1 Å². The summed E-state index contributed by atoms with van der Waals surface area (Å²) in [6.07, 6.45) is 1.54. The molecule has 0 N–H and O–H groups in total. The van der Waals surface area contributed by atoms with Crippen molar-refractivity contribution in [3.63, 3.8) is 0 Å². The number of furan rings is 1. The molecule has 20 heavy (non-hydrogen) atoms. The van der Waals surface area contributed by atoms with Crippen molar-refractivity contribution in [1.29, 1.82) is 0 Å². The normalized spacial score (nSPS) is 10.2. The van der Waals surface area contributed by atoms with E-state index in [4.69, 9.17) is 4.42 Å². The first-order valence-electron chi connectivity index (χ1n) is 5.63. The number of esters is 1. The van der Waals surface area contributed by atoms with Gasteiger partial charge in [0.05, 0.1) is 34.5 Å². The number of hydrogen-bond acceptors (Lipinski definition) is 6. The van der Waals surface area contributed by atoms with Gasteiger partial charge in [0.15, 0.2) is 0 Å². The summed E-state index contributed by atoms with van der Waals surface area (Å²) < 4.78 is 9.78. The highest BCUT2D eigenvalue weighted by atomic mass is 32.2. The summed E-state index contributed by atoms with van der Waals surface area (Å²) >= 11 is 1.23. The van der Waals surface area contributed by atoms with Crippen molar-refractivity contribution in [2.24, 2.45) is 0 Å². The Labute approximate surface area is 118 Å². The Morgan fingerprint density at radius 1 is 1.45 bits per heavy atom. The number of hydrogen-bond donors (Lipinski definition) is 0. The largest absolute Gasteiger partial charge is 0.468 e. The van der Waals surface area contributed by atoms with Crippen LogP contribution in [0.4, 0.5) is 5.69 Å². The first-order valence-corrected chi connectivity index (χ1v) is 6.62. The number of thioether (sulfide) groups is 1. The topological polar surface area (TPSA) is 82.6 Å². The van der Waals surface area contributed by atoms with Crippen molar-refractivity contribution in [1.82, 2.24) is 0 Å². The standard InChI is InChI=1S/C13H11NO5S/c1-18-13(15)9-4-5-11(14(16)17)12(7-9)20-8-10-3-2-6-19-10/h2-7H,8H2,1H3. The van der Waals surface area contributed by atoms with Gasteiger partial charge in [0, 0.05) is 6.07 Å². The van der Waals surface area contributed by atoms with Gasteiger partial charge in [-0.2, -0.15) is 0 Å². The van der Waals surface area contributed by atoms with Gasteiger partial charge in [-0.1, -0.05) is 0 Å². The first-order chi connectivity index (χ1) is 9.61. The Hall–Kier alpha value is -2.28. The minimum Gasteiger partial charge on any atom is -0.468 e. The number of carbonyl (C=O) groups is 1. The molecule has 0 aliphatic rings. The van der Waals surface area contributed by atoms with Gasteiger partial charge in [0.1, 0.15) is 5.76 Å². The highest BCUT2D eigenvalue weighted by Gasteiger charge is 2.18. The molecule has 1 heterocycles. The van der Waals surface area contributed by atoms with Crippen molar-refractivity contribution in [3.05, 3.63) is 58.0 Å². The molecule has 0 saturated carbocycles. The molecule has 1 aromatic heterocycles. The van der Waals surface area contributed by atoms with Crippen LogP contribution in [0, 0.1) is 10.1 Å². The monoisotopic (exact) mass is 293 g/mol. The first kappa shape index (κ1) is 14.1. The molecule has 0 unspecified atom stereocenters. The van der Waals surface area contributed by atoms with Crippen LogP contribution in [-0.4, -0.2) is 18.0 Å². The van der Waals surface area contributed by atoms with E-state index in [-0.39, 0.29) is 11.3 Å². The molecule has 6 nitrogen and oxygen atoms in total. The van der Waals surface area contributed by atoms with Crippen LogP contribution >= 0.6 is 11.8 Å². The molecule has 104 valence electrons. The summed E-state index contributed by atoms with van der Waals surface area (Å²) in [6, 6.07) is 7.66. The van der Waals surface area contributed by atoms with Gasteiger partial charge in [0.2, 0.25) is 0 Å². The number of carbonyl (C=O) groups excluding carboxylic acids is 1. The lowest BCUT2D eigenvalue weighted by molar-refractivity contribution is -0.387. The third kappa shape index (κ3) is 3.18.